The Kier molecular flexibility index (Phi) is 2.01. The van der Waals surface area contributed by atoms with E-state index in [0.29, 0.717) is 0 Å². The highest BCUT2D eigenvalue weighted by molar-refractivity contribution is 7.03. The van der Waals surface area contributed by atoms with E-state index in [1.807, 2.05) is 6.92 Å². The second-order valence-electron chi connectivity index (χ2n) is 2.00. The van der Waals surface area contributed by atoms with E-state index in [9.17, 15) is 4.79 Å². The molecule has 0 saturated heterocycles. The Balaban J connectivity index is 2.74. The van der Waals surface area contributed by atoms with Crippen molar-refractivity contribution in [3.8, 4) is 0 Å². The number of aliphatic carboxylic acids is 1. The summed E-state index contributed by atoms with van der Waals surface area (Å²) in [6.07, 6.45) is 0.0856. The first-order valence-electron chi connectivity index (χ1n) is 2.82. The van der Waals surface area contributed by atoms with Crippen LogP contribution in [0.15, 0.2) is 5.38 Å². The van der Waals surface area contributed by atoms with Gasteiger partial charge in [0.05, 0.1) is 12.1 Å². The number of carboxylic acid groups (broad SMARTS) is 1. The summed E-state index contributed by atoms with van der Waals surface area (Å²) in [7, 11) is 0. The molecule has 0 aliphatic carbocycles. The van der Waals surface area contributed by atoms with Gasteiger partial charge >= 0.3 is 5.97 Å². The second-order valence-corrected chi connectivity index (χ2v) is 2.62. The number of hydrogen-bond donors (Lipinski definition) is 1. The van der Waals surface area contributed by atoms with Crippen LogP contribution in [0.2, 0.25) is 0 Å². The highest BCUT2D eigenvalue weighted by atomic mass is 32.1. The van der Waals surface area contributed by atoms with Gasteiger partial charge in [0.2, 0.25) is 0 Å². The normalized spacial score (nSPS) is 9.70. The molecule has 3 nitrogen and oxygen atoms in total. The molecule has 1 aromatic rings. The van der Waals surface area contributed by atoms with Crippen LogP contribution in [0.1, 0.15) is 11.3 Å². The number of aromatic nitrogens is 1. The van der Waals surface area contributed by atoms with Crippen molar-refractivity contribution >= 4 is 17.5 Å². The first-order valence-corrected chi connectivity index (χ1v) is 3.65. The molecular weight excluding hydrogens is 150 g/mol. The maximum Gasteiger partial charge on any atom is 0.307 e. The molecule has 0 aromatic carbocycles. The second kappa shape index (κ2) is 2.79. The third-order valence-corrected chi connectivity index (χ3v) is 1.96. The van der Waals surface area contributed by atoms with Gasteiger partial charge in [-0.15, -0.1) is 0 Å². The molecule has 1 N–H and O–H groups in total. The topological polar surface area (TPSA) is 50.2 Å². The van der Waals surface area contributed by atoms with Crippen molar-refractivity contribution in [2.24, 2.45) is 0 Å². The van der Waals surface area contributed by atoms with E-state index in [1.54, 1.807) is 5.38 Å². The fourth-order valence-electron chi connectivity index (χ4n) is 0.645. The van der Waals surface area contributed by atoms with Crippen molar-refractivity contribution in [1.82, 2.24) is 4.37 Å². The highest BCUT2D eigenvalue weighted by Crippen LogP contribution is 2.09. The van der Waals surface area contributed by atoms with Crippen LogP contribution in [0, 0.1) is 6.92 Å². The van der Waals surface area contributed by atoms with Crippen molar-refractivity contribution in [3.63, 3.8) is 0 Å². The lowest BCUT2D eigenvalue weighted by Crippen LogP contribution is -1.99. The van der Waals surface area contributed by atoms with E-state index in [1.165, 1.54) is 11.5 Å². The first kappa shape index (κ1) is 7.21. The SMILES string of the molecule is Cc1nscc1CC(=O)O. The minimum Gasteiger partial charge on any atom is -0.481 e. The number of rotatable bonds is 2. The molecule has 0 fully saturated rings. The zero-order chi connectivity index (χ0) is 7.56. The van der Waals surface area contributed by atoms with E-state index >= 15 is 0 Å². The lowest BCUT2D eigenvalue weighted by Gasteiger charge is -1.89. The third-order valence-electron chi connectivity index (χ3n) is 1.19. The smallest absolute Gasteiger partial charge is 0.307 e. The van der Waals surface area contributed by atoms with Crippen LogP contribution in [0.3, 0.4) is 0 Å². The standard InChI is InChI=1S/C6H7NO2S/c1-4-5(2-6(8)9)3-10-7-4/h3H,2H2,1H3,(H,8,9). The van der Waals surface area contributed by atoms with E-state index in [0.717, 1.165) is 11.3 Å². The maximum absolute atomic E-state index is 10.2. The van der Waals surface area contributed by atoms with Gasteiger partial charge in [-0.1, -0.05) is 0 Å². The van der Waals surface area contributed by atoms with Crippen molar-refractivity contribution in [3.05, 3.63) is 16.6 Å². The molecule has 0 unspecified atom stereocenters. The molecule has 1 heterocycles. The number of carbonyl (C=O) groups is 1. The quantitative estimate of drug-likeness (QED) is 0.698. The fraction of sp³-hybridized carbons (Fsp3) is 0.333. The maximum atomic E-state index is 10.2. The van der Waals surface area contributed by atoms with E-state index < -0.39 is 5.97 Å². The number of carboxylic acids is 1. The van der Waals surface area contributed by atoms with Gasteiger partial charge in [0, 0.05) is 5.38 Å². The molecule has 4 heteroatoms. The summed E-state index contributed by atoms with van der Waals surface area (Å²) < 4.78 is 3.95. The predicted molar refractivity (Wildman–Crippen MR) is 38.2 cm³/mol. The molecule has 0 aliphatic heterocycles. The van der Waals surface area contributed by atoms with Crippen molar-refractivity contribution < 1.29 is 9.90 Å². The van der Waals surface area contributed by atoms with Gasteiger partial charge in [-0.25, -0.2) is 0 Å². The number of nitrogens with zero attached hydrogens (tertiary/aromatic N) is 1. The zero-order valence-electron chi connectivity index (χ0n) is 5.50. The molecule has 0 aliphatic rings. The zero-order valence-corrected chi connectivity index (χ0v) is 6.31. The molecule has 10 heavy (non-hydrogen) atoms. The summed E-state index contributed by atoms with van der Waals surface area (Å²) >= 11 is 1.29. The summed E-state index contributed by atoms with van der Waals surface area (Å²) in [5.41, 5.74) is 1.64. The molecule has 0 saturated carbocycles. The van der Waals surface area contributed by atoms with Gasteiger partial charge in [-0.05, 0) is 24.0 Å². The number of aryl methyl sites for hydroxylation is 1. The van der Waals surface area contributed by atoms with Crippen LogP contribution >= 0.6 is 11.5 Å². The van der Waals surface area contributed by atoms with Gasteiger partial charge in [0.15, 0.2) is 0 Å². The van der Waals surface area contributed by atoms with E-state index in [2.05, 4.69) is 4.37 Å². The molecule has 1 aromatic heterocycles. The minimum absolute atomic E-state index is 0.0856. The Labute approximate surface area is 62.5 Å². The molecule has 54 valence electrons. The summed E-state index contributed by atoms with van der Waals surface area (Å²) in [5, 5.41) is 10.2. The third kappa shape index (κ3) is 1.54. The van der Waals surface area contributed by atoms with E-state index in [-0.39, 0.29) is 6.42 Å². The van der Waals surface area contributed by atoms with Gasteiger partial charge in [-0.2, -0.15) is 4.37 Å². The summed E-state index contributed by atoms with van der Waals surface area (Å²) in [5.74, 6) is -0.802. The van der Waals surface area contributed by atoms with Crippen LogP contribution in [0.5, 0.6) is 0 Å². The van der Waals surface area contributed by atoms with Crippen molar-refractivity contribution in [2.75, 3.05) is 0 Å². The monoisotopic (exact) mass is 157 g/mol. The Morgan fingerprint density at radius 3 is 3.00 bits per heavy atom. The lowest BCUT2D eigenvalue weighted by atomic mass is 10.2. The van der Waals surface area contributed by atoms with E-state index in [4.69, 9.17) is 5.11 Å². The largest absolute Gasteiger partial charge is 0.481 e. The Bertz CT molecular complexity index is 244. The molecule has 1 rings (SSSR count). The Hall–Kier alpha value is -0.900. The average Bonchev–Trinajstić information content (AvgIpc) is 2.15. The van der Waals surface area contributed by atoms with Gasteiger partial charge in [0.1, 0.15) is 0 Å². The minimum atomic E-state index is -0.802. The van der Waals surface area contributed by atoms with Gasteiger partial charge in [-0.3, -0.25) is 4.79 Å². The van der Waals surface area contributed by atoms with Crippen LogP contribution in [0.4, 0.5) is 0 Å². The number of hydrogen-bond acceptors (Lipinski definition) is 3. The average molecular weight is 157 g/mol. The molecule has 0 atom stereocenters. The molecule has 0 bridgehead atoms. The molecular formula is C6H7NO2S. The summed E-state index contributed by atoms with van der Waals surface area (Å²) in [6, 6.07) is 0. The fourth-order valence-corrected chi connectivity index (χ4v) is 1.35. The lowest BCUT2D eigenvalue weighted by molar-refractivity contribution is -0.136. The van der Waals surface area contributed by atoms with Crippen LogP contribution in [-0.4, -0.2) is 15.4 Å². The van der Waals surface area contributed by atoms with Gasteiger partial charge < -0.3 is 5.11 Å². The summed E-state index contributed by atoms with van der Waals surface area (Å²) in [6.45, 7) is 1.81. The Morgan fingerprint density at radius 1 is 1.90 bits per heavy atom. The van der Waals surface area contributed by atoms with Gasteiger partial charge in [0.25, 0.3) is 0 Å². The molecule has 0 amide bonds. The van der Waals surface area contributed by atoms with Crippen LogP contribution in [-0.2, 0) is 11.2 Å². The molecule has 0 radical (unpaired) electrons. The highest BCUT2D eigenvalue weighted by Gasteiger charge is 2.04. The van der Waals surface area contributed by atoms with Crippen LogP contribution in [0.25, 0.3) is 0 Å². The summed E-state index contributed by atoms with van der Waals surface area (Å²) in [4.78, 5) is 10.2. The van der Waals surface area contributed by atoms with Crippen molar-refractivity contribution in [2.45, 2.75) is 13.3 Å². The van der Waals surface area contributed by atoms with Crippen molar-refractivity contribution in [1.29, 1.82) is 0 Å². The van der Waals surface area contributed by atoms with Crippen LogP contribution < -0.4 is 0 Å². The first-order chi connectivity index (χ1) is 4.70. The Morgan fingerprint density at radius 2 is 2.60 bits per heavy atom. The molecule has 0 spiro atoms. The predicted octanol–water partition coefficient (Wildman–Crippen LogP) is 1.08.